The third kappa shape index (κ3) is 5.97. The minimum atomic E-state index is -3.58. The molecule has 0 spiro atoms. The lowest BCUT2D eigenvalue weighted by Gasteiger charge is -2.33. The SMILES string of the molecule is CC(=NNC(=O)CN1CCN(S(=O)(=O)c2ccc(Br)cc2)CC1)c1cccc([N+](=O)[O-])c1. The Balaban J connectivity index is 1.52. The van der Waals surface area contributed by atoms with Crippen LogP contribution in [0.4, 0.5) is 5.69 Å². The van der Waals surface area contributed by atoms with Gasteiger partial charge in [-0.15, -0.1) is 0 Å². The standard InChI is InChI=1S/C20H22BrN5O5S/c1-15(16-3-2-4-18(13-16)26(28)29)22-23-20(27)14-24-9-11-25(12-10-24)32(30,31)19-7-5-17(21)6-8-19/h2-8,13H,9-12,14H2,1H3,(H,23,27). The quantitative estimate of drug-likeness (QED) is 0.337. The van der Waals surface area contributed by atoms with E-state index in [1.807, 2.05) is 4.90 Å². The fourth-order valence-electron chi connectivity index (χ4n) is 3.18. The molecule has 2 aromatic rings. The summed E-state index contributed by atoms with van der Waals surface area (Å²) in [5, 5.41) is 14.9. The van der Waals surface area contributed by atoms with Gasteiger partial charge in [-0.05, 0) is 31.2 Å². The van der Waals surface area contributed by atoms with Crippen LogP contribution >= 0.6 is 15.9 Å². The molecular formula is C20H22BrN5O5S. The number of sulfonamides is 1. The van der Waals surface area contributed by atoms with Crippen LogP contribution in [0.1, 0.15) is 12.5 Å². The van der Waals surface area contributed by atoms with Crippen LogP contribution < -0.4 is 5.43 Å². The summed E-state index contributed by atoms with van der Waals surface area (Å²) in [6, 6.07) is 12.5. The maximum atomic E-state index is 12.8. The second-order valence-corrected chi connectivity index (χ2v) is 10.0. The van der Waals surface area contributed by atoms with Gasteiger partial charge in [-0.3, -0.25) is 19.8 Å². The number of rotatable bonds is 7. The van der Waals surface area contributed by atoms with Gasteiger partial charge in [0.25, 0.3) is 11.6 Å². The Morgan fingerprint density at radius 2 is 1.81 bits per heavy atom. The van der Waals surface area contributed by atoms with Gasteiger partial charge in [-0.1, -0.05) is 28.1 Å². The van der Waals surface area contributed by atoms with Crippen molar-refractivity contribution in [2.75, 3.05) is 32.7 Å². The van der Waals surface area contributed by atoms with Gasteiger partial charge in [-0.25, -0.2) is 13.8 Å². The van der Waals surface area contributed by atoms with E-state index in [9.17, 15) is 23.3 Å². The second kappa shape index (κ2) is 10.3. The lowest BCUT2D eigenvalue weighted by Crippen LogP contribution is -2.50. The zero-order valence-corrected chi connectivity index (χ0v) is 19.7. The third-order valence-electron chi connectivity index (χ3n) is 4.97. The van der Waals surface area contributed by atoms with Crippen molar-refractivity contribution >= 4 is 43.3 Å². The molecule has 0 atom stereocenters. The van der Waals surface area contributed by atoms with Crippen molar-refractivity contribution in [1.82, 2.24) is 14.6 Å². The molecule has 1 fully saturated rings. The van der Waals surface area contributed by atoms with E-state index >= 15 is 0 Å². The molecule has 10 nitrogen and oxygen atoms in total. The van der Waals surface area contributed by atoms with Gasteiger partial charge < -0.3 is 0 Å². The Kier molecular flexibility index (Phi) is 7.72. The normalized spacial score (nSPS) is 16.0. The zero-order chi connectivity index (χ0) is 23.3. The molecule has 1 heterocycles. The number of benzene rings is 2. The van der Waals surface area contributed by atoms with E-state index in [1.165, 1.54) is 16.4 Å². The van der Waals surface area contributed by atoms with Gasteiger partial charge in [0.2, 0.25) is 10.0 Å². The molecule has 0 radical (unpaired) electrons. The molecule has 32 heavy (non-hydrogen) atoms. The molecule has 0 aliphatic carbocycles. The molecule has 0 unspecified atom stereocenters. The summed E-state index contributed by atoms with van der Waals surface area (Å²) in [6.45, 7) is 3.10. The highest BCUT2D eigenvalue weighted by molar-refractivity contribution is 9.10. The van der Waals surface area contributed by atoms with Gasteiger partial charge >= 0.3 is 0 Å². The molecule has 0 saturated carbocycles. The van der Waals surface area contributed by atoms with Crippen LogP contribution in [0.25, 0.3) is 0 Å². The number of nitro groups is 1. The maximum absolute atomic E-state index is 12.8. The number of nitrogens with zero attached hydrogens (tertiary/aromatic N) is 4. The lowest BCUT2D eigenvalue weighted by atomic mass is 10.1. The number of amides is 1. The summed E-state index contributed by atoms with van der Waals surface area (Å²) in [5.74, 6) is -0.348. The number of hydrogen-bond acceptors (Lipinski definition) is 7. The second-order valence-electron chi connectivity index (χ2n) is 7.17. The first-order valence-corrected chi connectivity index (χ1v) is 12.0. The largest absolute Gasteiger partial charge is 0.292 e. The van der Waals surface area contributed by atoms with E-state index in [4.69, 9.17) is 0 Å². The Hall–Kier alpha value is -2.67. The first kappa shape index (κ1) is 24.0. The van der Waals surface area contributed by atoms with Crippen LogP contribution in [0.15, 0.2) is 63.0 Å². The topological polar surface area (TPSA) is 125 Å². The fraction of sp³-hybridized carbons (Fsp3) is 0.300. The van der Waals surface area contributed by atoms with Crippen LogP contribution in [0.5, 0.6) is 0 Å². The molecule has 12 heteroatoms. The lowest BCUT2D eigenvalue weighted by molar-refractivity contribution is -0.384. The average molecular weight is 524 g/mol. The van der Waals surface area contributed by atoms with Crippen molar-refractivity contribution < 1.29 is 18.1 Å². The Morgan fingerprint density at radius 1 is 1.16 bits per heavy atom. The Bertz CT molecular complexity index is 1130. The Morgan fingerprint density at radius 3 is 2.44 bits per heavy atom. The monoisotopic (exact) mass is 523 g/mol. The van der Waals surface area contributed by atoms with Crippen molar-refractivity contribution in [1.29, 1.82) is 0 Å². The number of non-ortho nitro benzene ring substituents is 1. The molecule has 1 aliphatic heterocycles. The van der Waals surface area contributed by atoms with Gasteiger partial charge in [0.05, 0.1) is 22.1 Å². The van der Waals surface area contributed by atoms with Crippen molar-refractivity contribution in [2.24, 2.45) is 5.10 Å². The van der Waals surface area contributed by atoms with E-state index in [2.05, 4.69) is 26.5 Å². The van der Waals surface area contributed by atoms with Crippen LogP contribution in [-0.4, -0.2) is 66.9 Å². The maximum Gasteiger partial charge on any atom is 0.270 e. The number of carbonyl (C=O) groups is 1. The molecule has 2 aromatic carbocycles. The molecular weight excluding hydrogens is 502 g/mol. The molecule has 0 bridgehead atoms. The first-order chi connectivity index (χ1) is 15.2. The summed E-state index contributed by atoms with van der Waals surface area (Å²) in [7, 11) is -3.58. The first-order valence-electron chi connectivity index (χ1n) is 9.73. The molecule has 170 valence electrons. The van der Waals surface area contributed by atoms with Gasteiger partial charge in [0.1, 0.15) is 0 Å². The number of hydrazone groups is 1. The summed E-state index contributed by atoms with van der Waals surface area (Å²) >= 11 is 3.29. The number of nitrogens with one attached hydrogen (secondary N) is 1. The highest BCUT2D eigenvalue weighted by Crippen LogP contribution is 2.20. The fourth-order valence-corrected chi connectivity index (χ4v) is 4.86. The minimum absolute atomic E-state index is 0.0562. The number of hydrogen-bond donors (Lipinski definition) is 1. The molecule has 3 rings (SSSR count). The van der Waals surface area contributed by atoms with E-state index in [0.717, 1.165) is 4.47 Å². The van der Waals surface area contributed by atoms with E-state index in [-0.39, 0.29) is 36.1 Å². The average Bonchev–Trinajstić information content (AvgIpc) is 2.78. The smallest absolute Gasteiger partial charge is 0.270 e. The number of piperazine rings is 1. The van der Waals surface area contributed by atoms with Crippen molar-refractivity contribution in [3.63, 3.8) is 0 Å². The minimum Gasteiger partial charge on any atom is -0.292 e. The number of carbonyl (C=O) groups excluding carboxylic acids is 1. The highest BCUT2D eigenvalue weighted by atomic mass is 79.9. The van der Waals surface area contributed by atoms with Crippen molar-refractivity contribution in [2.45, 2.75) is 11.8 Å². The Labute approximate surface area is 194 Å². The van der Waals surface area contributed by atoms with Crippen LogP contribution in [0, 0.1) is 10.1 Å². The molecule has 1 amide bonds. The predicted molar refractivity (Wildman–Crippen MR) is 123 cm³/mol. The predicted octanol–water partition coefficient (Wildman–Crippen LogP) is 2.20. The van der Waals surface area contributed by atoms with Gasteiger partial charge in [0.15, 0.2) is 0 Å². The van der Waals surface area contributed by atoms with E-state index in [1.54, 1.807) is 43.3 Å². The van der Waals surface area contributed by atoms with E-state index in [0.29, 0.717) is 24.4 Å². The molecule has 1 aliphatic rings. The van der Waals surface area contributed by atoms with Crippen LogP contribution in [-0.2, 0) is 14.8 Å². The molecule has 1 saturated heterocycles. The summed E-state index contributed by atoms with van der Waals surface area (Å²) in [5.41, 5.74) is 3.37. The van der Waals surface area contributed by atoms with Crippen LogP contribution in [0.2, 0.25) is 0 Å². The number of nitro benzene ring substituents is 1. The summed E-state index contributed by atoms with van der Waals surface area (Å²) in [6.07, 6.45) is 0. The molecule has 0 aromatic heterocycles. The molecule has 1 N–H and O–H groups in total. The zero-order valence-electron chi connectivity index (χ0n) is 17.3. The van der Waals surface area contributed by atoms with Gasteiger partial charge in [-0.2, -0.15) is 9.41 Å². The van der Waals surface area contributed by atoms with Crippen molar-refractivity contribution in [3.8, 4) is 0 Å². The third-order valence-corrected chi connectivity index (χ3v) is 7.41. The van der Waals surface area contributed by atoms with Gasteiger partial charge in [0, 0.05) is 48.3 Å². The summed E-state index contributed by atoms with van der Waals surface area (Å²) in [4.78, 5) is 24.7. The number of halogens is 1. The highest BCUT2D eigenvalue weighted by Gasteiger charge is 2.29. The van der Waals surface area contributed by atoms with Crippen molar-refractivity contribution in [3.05, 3.63) is 68.7 Å². The van der Waals surface area contributed by atoms with E-state index < -0.39 is 14.9 Å². The van der Waals surface area contributed by atoms with Crippen LogP contribution in [0.3, 0.4) is 0 Å². The summed E-state index contributed by atoms with van der Waals surface area (Å²) < 4.78 is 27.7.